The van der Waals surface area contributed by atoms with Crippen LogP contribution in [0.5, 0.6) is 0 Å². The lowest BCUT2D eigenvalue weighted by Crippen LogP contribution is -2.23. The van der Waals surface area contributed by atoms with E-state index in [4.69, 9.17) is 0 Å². The minimum Gasteiger partial charge on any atom is -0.293 e. The van der Waals surface area contributed by atoms with Crippen molar-refractivity contribution in [2.75, 3.05) is 0 Å². The molecule has 2 aromatic carbocycles. The Morgan fingerprint density at radius 1 is 1.00 bits per heavy atom. The van der Waals surface area contributed by atoms with Gasteiger partial charge in [0.15, 0.2) is 5.78 Å². The van der Waals surface area contributed by atoms with Gasteiger partial charge in [0.25, 0.3) is 0 Å². The standard InChI is InChI=1S/C18H20O2S/c1-12-6-5-7-16(10-12)21(20)15(4)18(19)17-11-13(2)8-9-14(17)3/h5-11,15H,1-4H3. The summed E-state index contributed by atoms with van der Waals surface area (Å²) in [6.07, 6.45) is 0. The van der Waals surface area contributed by atoms with E-state index >= 15 is 0 Å². The summed E-state index contributed by atoms with van der Waals surface area (Å²) in [5, 5.41) is -0.549. The van der Waals surface area contributed by atoms with Crippen molar-refractivity contribution in [3.8, 4) is 0 Å². The molecule has 0 aliphatic heterocycles. The van der Waals surface area contributed by atoms with E-state index < -0.39 is 16.0 Å². The molecule has 0 amide bonds. The molecule has 3 heteroatoms. The van der Waals surface area contributed by atoms with Gasteiger partial charge in [-0.2, -0.15) is 0 Å². The molecule has 2 rings (SSSR count). The summed E-state index contributed by atoms with van der Waals surface area (Å²) in [6, 6.07) is 13.3. The summed E-state index contributed by atoms with van der Waals surface area (Å²) in [5.74, 6) is -0.0592. The van der Waals surface area contributed by atoms with Crippen LogP contribution < -0.4 is 0 Å². The van der Waals surface area contributed by atoms with Crippen molar-refractivity contribution in [3.63, 3.8) is 0 Å². The SMILES string of the molecule is Cc1cccc(S(=O)C(C)C(=O)c2cc(C)ccc2C)c1. The van der Waals surface area contributed by atoms with Crippen LogP contribution in [0.3, 0.4) is 0 Å². The van der Waals surface area contributed by atoms with Crippen LogP contribution in [-0.4, -0.2) is 15.2 Å². The van der Waals surface area contributed by atoms with Gasteiger partial charge in [0, 0.05) is 10.5 Å². The molecule has 2 aromatic rings. The highest BCUT2D eigenvalue weighted by atomic mass is 32.2. The van der Waals surface area contributed by atoms with E-state index in [0.29, 0.717) is 10.5 Å². The molecular weight excluding hydrogens is 280 g/mol. The van der Waals surface area contributed by atoms with E-state index in [-0.39, 0.29) is 5.78 Å². The van der Waals surface area contributed by atoms with Crippen LogP contribution in [0.15, 0.2) is 47.4 Å². The van der Waals surface area contributed by atoms with Gasteiger partial charge >= 0.3 is 0 Å². The van der Waals surface area contributed by atoms with Crippen molar-refractivity contribution < 1.29 is 9.00 Å². The molecule has 0 bridgehead atoms. The molecule has 0 heterocycles. The molecule has 2 nitrogen and oxygen atoms in total. The van der Waals surface area contributed by atoms with Gasteiger partial charge in [-0.05, 0) is 57.0 Å². The minimum atomic E-state index is -1.33. The van der Waals surface area contributed by atoms with Crippen molar-refractivity contribution in [3.05, 3.63) is 64.7 Å². The van der Waals surface area contributed by atoms with Gasteiger partial charge in [-0.15, -0.1) is 0 Å². The molecule has 0 saturated heterocycles. The first-order chi connectivity index (χ1) is 9.90. The molecule has 21 heavy (non-hydrogen) atoms. The van der Waals surface area contributed by atoms with Gasteiger partial charge in [-0.1, -0.05) is 29.8 Å². The monoisotopic (exact) mass is 300 g/mol. The second kappa shape index (κ2) is 6.35. The van der Waals surface area contributed by atoms with Crippen LogP contribution in [0.25, 0.3) is 0 Å². The predicted molar refractivity (Wildman–Crippen MR) is 87.3 cm³/mol. The second-order valence-corrected chi connectivity index (χ2v) is 7.21. The van der Waals surface area contributed by atoms with Crippen molar-refractivity contribution in [1.82, 2.24) is 0 Å². The molecule has 0 fully saturated rings. The summed E-state index contributed by atoms with van der Waals surface area (Å²) in [6.45, 7) is 7.56. The number of Topliss-reactive ketones (excluding diaryl/α,β-unsaturated/α-hetero) is 1. The number of hydrogen-bond acceptors (Lipinski definition) is 2. The molecule has 0 aromatic heterocycles. The third-order valence-corrected chi connectivity index (χ3v) is 5.15. The van der Waals surface area contributed by atoms with Gasteiger partial charge in [-0.25, -0.2) is 0 Å². The number of rotatable bonds is 4. The minimum absolute atomic E-state index is 0.0592. The number of carbonyl (C=O) groups excluding carboxylic acids is 1. The van der Waals surface area contributed by atoms with Gasteiger partial charge in [0.05, 0.1) is 16.0 Å². The Morgan fingerprint density at radius 3 is 2.33 bits per heavy atom. The summed E-state index contributed by atoms with van der Waals surface area (Å²) >= 11 is 0. The summed E-state index contributed by atoms with van der Waals surface area (Å²) in [7, 11) is -1.33. The van der Waals surface area contributed by atoms with E-state index in [0.717, 1.165) is 16.7 Å². The third kappa shape index (κ3) is 3.48. The average molecular weight is 300 g/mol. The van der Waals surface area contributed by atoms with Crippen molar-refractivity contribution in [2.24, 2.45) is 0 Å². The van der Waals surface area contributed by atoms with Gasteiger partial charge in [0.1, 0.15) is 0 Å². The number of ketones is 1. The first kappa shape index (κ1) is 15.6. The van der Waals surface area contributed by atoms with Gasteiger partial charge in [-0.3, -0.25) is 9.00 Å². The lowest BCUT2D eigenvalue weighted by Gasteiger charge is -2.13. The van der Waals surface area contributed by atoms with Crippen LogP contribution >= 0.6 is 0 Å². The highest BCUT2D eigenvalue weighted by molar-refractivity contribution is 7.86. The molecule has 0 aliphatic rings. The molecule has 2 atom stereocenters. The number of aryl methyl sites for hydroxylation is 3. The first-order valence-electron chi connectivity index (χ1n) is 6.99. The maximum Gasteiger partial charge on any atom is 0.178 e. The van der Waals surface area contributed by atoms with Gasteiger partial charge in [0.2, 0.25) is 0 Å². The highest BCUT2D eigenvalue weighted by Gasteiger charge is 2.24. The molecule has 2 unspecified atom stereocenters. The lowest BCUT2D eigenvalue weighted by atomic mass is 10.0. The predicted octanol–water partition coefficient (Wildman–Crippen LogP) is 3.99. The molecule has 0 saturated carbocycles. The molecule has 0 N–H and O–H groups in total. The zero-order valence-electron chi connectivity index (χ0n) is 12.8. The second-order valence-electron chi connectivity index (χ2n) is 5.44. The van der Waals surface area contributed by atoms with Crippen molar-refractivity contribution in [1.29, 1.82) is 0 Å². The van der Waals surface area contributed by atoms with E-state index in [1.54, 1.807) is 6.92 Å². The maximum atomic E-state index is 12.6. The Hall–Kier alpha value is -1.74. The van der Waals surface area contributed by atoms with E-state index in [2.05, 4.69) is 0 Å². The zero-order valence-corrected chi connectivity index (χ0v) is 13.7. The summed E-state index contributed by atoms with van der Waals surface area (Å²) in [5.41, 5.74) is 3.69. The molecular formula is C18H20O2S. The Balaban J connectivity index is 2.31. The number of carbonyl (C=O) groups is 1. The third-order valence-electron chi connectivity index (χ3n) is 3.57. The van der Waals surface area contributed by atoms with Crippen molar-refractivity contribution >= 4 is 16.6 Å². The average Bonchev–Trinajstić information content (AvgIpc) is 2.47. The summed E-state index contributed by atoms with van der Waals surface area (Å²) in [4.78, 5) is 13.3. The molecule has 110 valence electrons. The van der Waals surface area contributed by atoms with Crippen LogP contribution in [-0.2, 0) is 10.8 Å². The topological polar surface area (TPSA) is 34.1 Å². The lowest BCUT2D eigenvalue weighted by molar-refractivity contribution is 0.0992. The Morgan fingerprint density at radius 2 is 1.67 bits per heavy atom. The number of benzene rings is 2. The van der Waals surface area contributed by atoms with E-state index in [1.807, 2.05) is 63.2 Å². The van der Waals surface area contributed by atoms with E-state index in [1.165, 1.54) is 0 Å². The Labute approximate surface area is 128 Å². The fraction of sp³-hybridized carbons (Fsp3) is 0.278. The fourth-order valence-electron chi connectivity index (χ4n) is 2.26. The smallest absolute Gasteiger partial charge is 0.178 e. The van der Waals surface area contributed by atoms with Crippen LogP contribution in [0.4, 0.5) is 0 Å². The molecule has 0 aliphatic carbocycles. The quantitative estimate of drug-likeness (QED) is 0.800. The van der Waals surface area contributed by atoms with Gasteiger partial charge < -0.3 is 0 Å². The highest BCUT2D eigenvalue weighted by Crippen LogP contribution is 2.19. The van der Waals surface area contributed by atoms with Crippen LogP contribution in [0, 0.1) is 20.8 Å². The normalized spacial score (nSPS) is 13.7. The van der Waals surface area contributed by atoms with Crippen LogP contribution in [0.1, 0.15) is 34.0 Å². The fourth-order valence-corrected chi connectivity index (χ4v) is 3.51. The largest absolute Gasteiger partial charge is 0.293 e. The first-order valence-corrected chi connectivity index (χ1v) is 8.20. The Bertz CT molecular complexity index is 704. The molecule has 0 radical (unpaired) electrons. The van der Waals surface area contributed by atoms with Crippen LogP contribution in [0.2, 0.25) is 0 Å². The molecule has 0 spiro atoms. The maximum absolute atomic E-state index is 12.6. The summed E-state index contributed by atoms with van der Waals surface area (Å²) < 4.78 is 12.6. The zero-order chi connectivity index (χ0) is 15.6. The number of hydrogen-bond donors (Lipinski definition) is 0. The van der Waals surface area contributed by atoms with E-state index in [9.17, 15) is 9.00 Å². The Kier molecular flexibility index (Phi) is 4.73. The van der Waals surface area contributed by atoms with Crippen molar-refractivity contribution in [2.45, 2.75) is 37.8 Å².